The molecule has 2 aromatic rings. The molecule has 1 heterocycles. The largest absolute Gasteiger partial charge is 0.325 e. The van der Waals surface area contributed by atoms with Crippen LogP contribution in [0.15, 0.2) is 48.5 Å². The van der Waals surface area contributed by atoms with Crippen LogP contribution in [0.25, 0.3) is 0 Å². The Labute approximate surface area is 131 Å². The van der Waals surface area contributed by atoms with E-state index in [4.69, 9.17) is 11.6 Å². The van der Waals surface area contributed by atoms with Crippen LogP contribution >= 0.6 is 27.5 Å². The molecular formula is C16H13BrClNO. The minimum absolute atomic E-state index is 0.00183. The number of nitrogens with one attached hydrogen (secondary N) is 1. The second-order valence-corrected chi connectivity index (χ2v) is 6.43. The zero-order valence-electron chi connectivity index (χ0n) is 10.6. The Morgan fingerprint density at radius 1 is 1.15 bits per heavy atom. The van der Waals surface area contributed by atoms with Gasteiger partial charge in [0.25, 0.3) is 0 Å². The molecular weight excluding hydrogens is 338 g/mol. The van der Waals surface area contributed by atoms with Crippen molar-refractivity contribution in [1.29, 1.82) is 0 Å². The molecule has 0 radical (unpaired) electrons. The van der Waals surface area contributed by atoms with Gasteiger partial charge in [-0.15, -0.1) is 0 Å². The van der Waals surface area contributed by atoms with Gasteiger partial charge in [-0.25, -0.2) is 0 Å². The fourth-order valence-electron chi connectivity index (χ4n) is 2.61. The van der Waals surface area contributed by atoms with Gasteiger partial charge in [-0.2, -0.15) is 0 Å². The molecule has 0 saturated carbocycles. The van der Waals surface area contributed by atoms with Crippen molar-refractivity contribution in [3.63, 3.8) is 0 Å². The molecule has 1 N–H and O–H groups in total. The highest BCUT2D eigenvalue weighted by Gasteiger charge is 2.29. The third-order valence-corrected chi connectivity index (χ3v) is 4.60. The van der Waals surface area contributed by atoms with E-state index in [1.807, 2.05) is 36.4 Å². The van der Waals surface area contributed by atoms with Gasteiger partial charge in [0.05, 0.1) is 4.83 Å². The normalized spacial score (nSPS) is 21.8. The van der Waals surface area contributed by atoms with Gasteiger partial charge in [0.2, 0.25) is 5.91 Å². The standard InChI is InChI=1S/C16H13BrClNO/c17-14-9-13(10-4-3-5-11(18)8-10)12-6-1-2-7-15(12)19-16(14)20/h1-8,13-14H,9H2,(H,19,20). The van der Waals surface area contributed by atoms with Crippen LogP contribution in [0.2, 0.25) is 5.02 Å². The van der Waals surface area contributed by atoms with Gasteiger partial charge in [0.15, 0.2) is 0 Å². The molecule has 2 unspecified atom stereocenters. The van der Waals surface area contributed by atoms with Crippen molar-refractivity contribution in [2.45, 2.75) is 17.2 Å². The highest BCUT2D eigenvalue weighted by molar-refractivity contribution is 9.10. The lowest BCUT2D eigenvalue weighted by atomic mass is 9.87. The molecule has 0 aliphatic carbocycles. The third-order valence-electron chi connectivity index (χ3n) is 3.57. The van der Waals surface area contributed by atoms with Crippen LogP contribution in [0.5, 0.6) is 0 Å². The molecule has 102 valence electrons. The molecule has 0 bridgehead atoms. The van der Waals surface area contributed by atoms with Gasteiger partial charge in [-0.3, -0.25) is 4.79 Å². The summed E-state index contributed by atoms with van der Waals surface area (Å²) < 4.78 is 0. The Hall–Kier alpha value is -1.32. The Kier molecular flexibility index (Phi) is 3.81. The van der Waals surface area contributed by atoms with Gasteiger partial charge in [0.1, 0.15) is 0 Å². The van der Waals surface area contributed by atoms with Crippen molar-refractivity contribution in [1.82, 2.24) is 0 Å². The van der Waals surface area contributed by atoms with E-state index >= 15 is 0 Å². The van der Waals surface area contributed by atoms with E-state index in [0.29, 0.717) is 6.42 Å². The van der Waals surface area contributed by atoms with Gasteiger partial charge in [-0.1, -0.05) is 57.9 Å². The maximum Gasteiger partial charge on any atom is 0.238 e. The van der Waals surface area contributed by atoms with Crippen LogP contribution in [0, 0.1) is 0 Å². The molecule has 0 spiro atoms. The van der Waals surface area contributed by atoms with Crippen molar-refractivity contribution in [2.75, 3.05) is 5.32 Å². The lowest BCUT2D eigenvalue weighted by Crippen LogP contribution is -2.21. The Balaban J connectivity index is 2.11. The zero-order valence-corrected chi connectivity index (χ0v) is 13.0. The van der Waals surface area contributed by atoms with Gasteiger partial charge < -0.3 is 5.32 Å². The molecule has 1 amide bonds. The quantitative estimate of drug-likeness (QED) is 0.750. The molecule has 2 aromatic carbocycles. The summed E-state index contributed by atoms with van der Waals surface area (Å²) in [5, 5.41) is 3.68. The summed E-state index contributed by atoms with van der Waals surface area (Å²) in [5.41, 5.74) is 3.14. The van der Waals surface area contributed by atoms with E-state index in [1.54, 1.807) is 0 Å². The minimum Gasteiger partial charge on any atom is -0.325 e. The van der Waals surface area contributed by atoms with Crippen LogP contribution in [-0.4, -0.2) is 10.7 Å². The monoisotopic (exact) mass is 349 g/mol. The van der Waals surface area contributed by atoms with Crippen LogP contribution in [0.1, 0.15) is 23.5 Å². The molecule has 1 aliphatic heterocycles. The fourth-order valence-corrected chi connectivity index (χ4v) is 3.29. The van der Waals surface area contributed by atoms with Crippen molar-refractivity contribution in [2.24, 2.45) is 0 Å². The van der Waals surface area contributed by atoms with E-state index in [0.717, 1.165) is 21.8 Å². The molecule has 2 atom stereocenters. The summed E-state index contributed by atoms with van der Waals surface area (Å²) in [6.45, 7) is 0. The average molecular weight is 351 g/mol. The van der Waals surface area contributed by atoms with Gasteiger partial charge >= 0.3 is 0 Å². The first-order valence-corrected chi connectivity index (χ1v) is 7.74. The number of para-hydroxylation sites is 1. The van der Waals surface area contributed by atoms with Crippen molar-refractivity contribution >= 4 is 39.1 Å². The van der Waals surface area contributed by atoms with Gasteiger partial charge in [0, 0.05) is 16.6 Å². The lowest BCUT2D eigenvalue weighted by Gasteiger charge is -2.18. The molecule has 1 aliphatic rings. The topological polar surface area (TPSA) is 29.1 Å². The molecule has 4 heteroatoms. The Morgan fingerprint density at radius 3 is 2.75 bits per heavy atom. The first-order valence-electron chi connectivity index (χ1n) is 6.44. The number of benzene rings is 2. The number of anilines is 1. The molecule has 2 nitrogen and oxygen atoms in total. The average Bonchev–Trinajstić information content (AvgIpc) is 2.57. The van der Waals surface area contributed by atoms with Crippen molar-refractivity contribution in [3.8, 4) is 0 Å². The fraction of sp³-hybridized carbons (Fsp3) is 0.188. The van der Waals surface area contributed by atoms with E-state index < -0.39 is 0 Å². The minimum atomic E-state index is -0.209. The summed E-state index contributed by atoms with van der Waals surface area (Å²) in [6.07, 6.45) is 0.711. The highest BCUT2D eigenvalue weighted by atomic mass is 79.9. The number of hydrogen-bond donors (Lipinski definition) is 1. The summed E-state index contributed by atoms with van der Waals surface area (Å²) in [4.78, 5) is 11.8. The predicted octanol–water partition coefficient (Wildman–Crippen LogP) is 4.58. The zero-order chi connectivity index (χ0) is 14.1. The number of amides is 1. The Morgan fingerprint density at radius 2 is 1.95 bits per heavy atom. The first kappa shape index (κ1) is 13.7. The van der Waals surface area contributed by atoms with Crippen LogP contribution in [-0.2, 0) is 4.79 Å². The SMILES string of the molecule is O=C1Nc2ccccc2C(c2cccc(Cl)c2)CC1Br. The van der Waals surface area contributed by atoms with Crippen LogP contribution in [0.4, 0.5) is 5.69 Å². The summed E-state index contributed by atoms with van der Waals surface area (Å²) in [6, 6.07) is 15.8. The Bertz CT molecular complexity index is 658. The molecule has 0 fully saturated rings. The second kappa shape index (κ2) is 5.58. The lowest BCUT2D eigenvalue weighted by molar-refractivity contribution is -0.115. The number of fused-ring (bicyclic) bond motifs is 1. The predicted molar refractivity (Wildman–Crippen MR) is 85.7 cm³/mol. The first-order chi connectivity index (χ1) is 9.65. The maximum absolute atomic E-state index is 12.0. The molecule has 3 rings (SSSR count). The van der Waals surface area contributed by atoms with Crippen LogP contribution in [0.3, 0.4) is 0 Å². The summed E-state index contributed by atoms with van der Waals surface area (Å²) >= 11 is 9.58. The van der Waals surface area contributed by atoms with Crippen molar-refractivity contribution in [3.05, 3.63) is 64.7 Å². The third kappa shape index (κ3) is 2.60. The van der Waals surface area contributed by atoms with Crippen LogP contribution < -0.4 is 5.32 Å². The van der Waals surface area contributed by atoms with Gasteiger partial charge in [-0.05, 0) is 35.7 Å². The van der Waals surface area contributed by atoms with E-state index in [1.165, 1.54) is 0 Å². The number of rotatable bonds is 1. The highest BCUT2D eigenvalue weighted by Crippen LogP contribution is 2.38. The second-order valence-electron chi connectivity index (χ2n) is 4.89. The molecule has 0 saturated heterocycles. The number of halogens is 2. The van der Waals surface area contributed by atoms with Crippen molar-refractivity contribution < 1.29 is 4.79 Å². The maximum atomic E-state index is 12.0. The summed E-state index contributed by atoms with van der Waals surface area (Å²) in [5.74, 6) is 0.148. The summed E-state index contributed by atoms with van der Waals surface area (Å²) in [7, 11) is 0. The number of alkyl halides is 1. The van der Waals surface area contributed by atoms with E-state index in [2.05, 4.69) is 33.4 Å². The smallest absolute Gasteiger partial charge is 0.238 e. The molecule has 0 aromatic heterocycles. The number of hydrogen-bond acceptors (Lipinski definition) is 1. The molecule has 20 heavy (non-hydrogen) atoms. The number of carbonyl (C=O) groups is 1. The van der Waals surface area contributed by atoms with E-state index in [9.17, 15) is 4.79 Å². The van der Waals surface area contributed by atoms with E-state index in [-0.39, 0.29) is 16.7 Å². The number of carbonyl (C=O) groups excluding carboxylic acids is 1.